The standard InChI is InChI=1S/C31H36N4O4/c1-22(2)29(36)32-25-12-15-28(27(20-25)31(38)33(3)21-23-8-6-5-7-9-23)34-16-18-35(19-17-34)30(37)24-10-13-26(39-4)14-11-24/h5-15,20,22H,16-19,21H2,1-4H3,(H,32,36). The molecule has 1 heterocycles. The fourth-order valence-corrected chi connectivity index (χ4v) is 4.55. The third-order valence-electron chi connectivity index (χ3n) is 6.87. The highest BCUT2D eigenvalue weighted by atomic mass is 16.5. The van der Waals surface area contributed by atoms with Gasteiger partial charge in [-0.05, 0) is 48.0 Å². The van der Waals surface area contributed by atoms with Crippen molar-refractivity contribution < 1.29 is 19.1 Å². The van der Waals surface area contributed by atoms with Crippen LogP contribution in [-0.2, 0) is 11.3 Å². The highest BCUT2D eigenvalue weighted by Gasteiger charge is 2.26. The molecule has 0 bridgehead atoms. The number of benzene rings is 3. The van der Waals surface area contributed by atoms with Gasteiger partial charge in [0.25, 0.3) is 11.8 Å². The van der Waals surface area contributed by atoms with Gasteiger partial charge in [-0.3, -0.25) is 14.4 Å². The Labute approximate surface area is 230 Å². The number of carbonyl (C=O) groups is 3. The number of carbonyl (C=O) groups excluding carboxylic acids is 3. The lowest BCUT2D eigenvalue weighted by Gasteiger charge is -2.37. The highest BCUT2D eigenvalue weighted by molar-refractivity contribution is 6.02. The minimum atomic E-state index is -0.180. The van der Waals surface area contributed by atoms with Crippen molar-refractivity contribution in [1.82, 2.24) is 9.80 Å². The van der Waals surface area contributed by atoms with Gasteiger partial charge >= 0.3 is 0 Å². The normalized spacial score (nSPS) is 13.3. The summed E-state index contributed by atoms with van der Waals surface area (Å²) in [7, 11) is 3.38. The van der Waals surface area contributed by atoms with Gasteiger partial charge in [-0.25, -0.2) is 0 Å². The number of ether oxygens (including phenoxy) is 1. The fourth-order valence-electron chi connectivity index (χ4n) is 4.55. The molecule has 8 heteroatoms. The summed E-state index contributed by atoms with van der Waals surface area (Å²) in [4.78, 5) is 44.8. The Bertz CT molecular complexity index is 1300. The van der Waals surface area contributed by atoms with E-state index < -0.39 is 0 Å². The molecule has 8 nitrogen and oxygen atoms in total. The van der Waals surface area contributed by atoms with E-state index in [1.165, 1.54) is 0 Å². The molecule has 3 aromatic rings. The van der Waals surface area contributed by atoms with E-state index >= 15 is 0 Å². The zero-order valence-corrected chi connectivity index (χ0v) is 23.0. The second-order valence-electron chi connectivity index (χ2n) is 10.0. The molecule has 4 rings (SSSR count). The fraction of sp³-hybridized carbons (Fsp3) is 0.323. The molecule has 1 saturated heterocycles. The average molecular weight is 529 g/mol. The lowest BCUT2D eigenvalue weighted by Crippen LogP contribution is -2.49. The van der Waals surface area contributed by atoms with Crippen LogP contribution in [0, 0.1) is 5.92 Å². The molecule has 0 spiro atoms. The Hall–Kier alpha value is -4.33. The molecule has 0 aliphatic carbocycles. The summed E-state index contributed by atoms with van der Waals surface area (Å²) in [5.41, 5.74) is 3.55. The molecule has 0 unspecified atom stereocenters. The van der Waals surface area contributed by atoms with Gasteiger partial charge in [0.05, 0.1) is 12.7 Å². The van der Waals surface area contributed by atoms with Crippen LogP contribution in [0.2, 0.25) is 0 Å². The molecule has 0 atom stereocenters. The first-order valence-electron chi connectivity index (χ1n) is 13.2. The number of anilines is 2. The topological polar surface area (TPSA) is 82.2 Å². The highest BCUT2D eigenvalue weighted by Crippen LogP contribution is 2.28. The summed E-state index contributed by atoms with van der Waals surface area (Å²) in [5, 5.41) is 2.91. The number of methoxy groups -OCH3 is 1. The largest absolute Gasteiger partial charge is 0.497 e. The van der Waals surface area contributed by atoms with Gasteiger partial charge in [0.15, 0.2) is 0 Å². The summed E-state index contributed by atoms with van der Waals surface area (Å²) in [6.45, 7) is 6.36. The van der Waals surface area contributed by atoms with Gasteiger partial charge < -0.3 is 24.8 Å². The van der Waals surface area contributed by atoms with Crippen molar-refractivity contribution in [3.8, 4) is 5.75 Å². The van der Waals surface area contributed by atoms with Crippen LogP contribution >= 0.6 is 0 Å². The minimum Gasteiger partial charge on any atom is -0.497 e. The molecule has 1 fully saturated rings. The van der Waals surface area contributed by atoms with Crippen LogP contribution in [0.1, 0.15) is 40.1 Å². The predicted molar refractivity (Wildman–Crippen MR) is 153 cm³/mol. The van der Waals surface area contributed by atoms with Crippen molar-refractivity contribution in [3.63, 3.8) is 0 Å². The van der Waals surface area contributed by atoms with Crippen LogP contribution in [0.25, 0.3) is 0 Å². The first kappa shape index (κ1) is 27.7. The van der Waals surface area contributed by atoms with Gasteiger partial charge in [0.1, 0.15) is 5.75 Å². The number of nitrogens with zero attached hydrogens (tertiary/aromatic N) is 3. The van der Waals surface area contributed by atoms with Crippen molar-refractivity contribution in [2.45, 2.75) is 20.4 Å². The molecule has 3 aromatic carbocycles. The second kappa shape index (κ2) is 12.5. The van der Waals surface area contributed by atoms with Gasteiger partial charge in [0.2, 0.25) is 5.91 Å². The molecule has 0 radical (unpaired) electrons. The summed E-state index contributed by atoms with van der Waals surface area (Å²) in [6, 6.07) is 22.4. The zero-order chi connectivity index (χ0) is 27.9. The summed E-state index contributed by atoms with van der Waals surface area (Å²) in [6.07, 6.45) is 0. The monoisotopic (exact) mass is 528 g/mol. The van der Waals surface area contributed by atoms with Crippen LogP contribution in [0.5, 0.6) is 5.75 Å². The smallest absolute Gasteiger partial charge is 0.256 e. The molecule has 1 N–H and O–H groups in total. The number of nitrogens with one attached hydrogen (secondary N) is 1. The van der Waals surface area contributed by atoms with Crippen molar-refractivity contribution in [2.75, 3.05) is 50.6 Å². The van der Waals surface area contributed by atoms with Crippen LogP contribution in [-0.4, -0.2) is 67.9 Å². The molecule has 39 heavy (non-hydrogen) atoms. The number of piperazine rings is 1. The van der Waals surface area contributed by atoms with E-state index in [2.05, 4.69) is 10.2 Å². The molecule has 204 valence electrons. The van der Waals surface area contributed by atoms with E-state index in [-0.39, 0.29) is 23.6 Å². The Balaban J connectivity index is 1.53. The summed E-state index contributed by atoms with van der Waals surface area (Å²) >= 11 is 0. The van der Waals surface area contributed by atoms with E-state index in [0.29, 0.717) is 55.3 Å². The molecule has 3 amide bonds. The molecular formula is C31H36N4O4. The first-order valence-corrected chi connectivity index (χ1v) is 13.2. The Kier molecular flexibility index (Phi) is 8.86. The lowest BCUT2D eigenvalue weighted by atomic mass is 10.1. The second-order valence-corrected chi connectivity index (χ2v) is 10.0. The SMILES string of the molecule is COc1ccc(C(=O)N2CCN(c3ccc(NC(=O)C(C)C)cc3C(=O)N(C)Cc3ccccc3)CC2)cc1. The van der Waals surface area contributed by atoms with Crippen molar-refractivity contribution in [1.29, 1.82) is 0 Å². The number of rotatable bonds is 8. The first-order chi connectivity index (χ1) is 18.8. The number of hydrogen-bond donors (Lipinski definition) is 1. The van der Waals surface area contributed by atoms with Gasteiger partial charge in [-0.15, -0.1) is 0 Å². The van der Waals surface area contributed by atoms with Crippen LogP contribution in [0.3, 0.4) is 0 Å². The maximum Gasteiger partial charge on any atom is 0.256 e. The number of hydrogen-bond acceptors (Lipinski definition) is 5. The maximum absolute atomic E-state index is 13.7. The van der Waals surface area contributed by atoms with Crippen molar-refractivity contribution in [3.05, 3.63) is 89.5 Å². The molecule has 1 aliphatic rings. The van der Waals surface area contributed by atoms with E-state index in [9.17, 15) is 14.4 Å². The van der Waals surface area contributed by atoms with E-state index in [1.54, 1.807) is 49.4 Å². The average Bonchev–Trinajstić information content (AvgIpc) is 2.97. The van der Waals surface area contributed by atoms with Gasteiger partial charge in [0, 0.05) is 62.6 Å². The Morgan fingerprint density at radius 3 is 2.21 bits per heavy atom. The van der Waals surface area contributed by atoms with Gasteiger partial charge in [-0.1, -0.05) is 44.2 Å². The van der Waals surface area contributed by atoms with Gasteiger partial charge in [-0.2, -0.15) is 0 Å². The number of amides is 3. The van der Waals surface area contributed by atoms with Crippen molar-refractivity contribution >= 4 is 29.1 Å². The van der Waals surface area contributed by atoms with E-state index in [4.69, 9.17) is 4.74 Å². The van der Waals surface area contributed by atoms with Crippen molar-refractivity contribution in [2.24, 2.45) is 5.92 Å². The van der Waals surface area contributed by atoms with Crippen LogP contribution in [0.15, 0.2) is 72.8 Å². The van der Waals surface area contributed by atoms with Crippen LogP contribution < -0.4 is 15.0 Å². The predicted octanol–water partition coefficient (Wildman–Crippen LogP) is 4.52. The minimum absolute atomic E-state index is 0.0251. The molecule has 1 aliphatic heterocycles. The Morgan fingerprint density at radius 2 is 1.59 bits per heavy atom. The van der Waals surface area contributed by atoms with Crippen LogP contribution in [0.4, 0.5) is 11.4 Å². The Morgan fingerprint density at radius 1 is 0.923 bits per heavy atom. The molecular weight excluding hydrogens is 492 g/mol. The quantitative estimate of drug-likeness (QED) is 0.465. The summed E-state index contributed by atoms with van der Waals surface area (Å²) in [5.74, 6) is 0.262. The summed E-state index contributed by atoms with van der Waals surface area (Å²) < 4.78 is 5.19. The molecule has 0 saturated carbocycles. The van der Waals surface area contributed by atoms with E-state index in [0.717, 1.165) is 11.3 Å². The zero-order valence-electron chi connectivity index (χ0n) is 23.0. The third-order valence-corrected chi connectivity index (χ3v) is 6.87. The molecule has 0 aromatic heterocycles. The van der Waals surface area contributed by atoms with E-state index in [1.807, 2.05) is 61.2 Å². The third kappa shape index (κ3) is 6.76. The maximum atomic E-state index is 13.7. The lowest BCUT2D eigenvalue weighted by molar-refractivity contribution is -0.118.